The minimum Gasteiger partial charge on any atom is -0.334 e. The molecule has 0 bridgehead atoms. The number of nitrogens with zero attached hydrogens (tertiary/aromatic N) is 2. The van der Waals surface area contributed by atoms with E-state index in [1.54, 1.807) is 12.1 Å². The Morgan fingerprint density at radius 3 is 2.73 bits per heavy atom. The molecule has 2 rings (SSSR count). The zero-order chi connectivity index (χ0) is 10.8. The number of halogens is 3. The summed E-state index contributed by atoms with van der Waals surface area (Å²) in [7, 11) is 0. The van der Waals surface area contributed by atoms with Gasteiger partial charge in [0.1, 0.15) is 0 Å². The van der Waals surface area contributed by atoms with E-state index >= 15 is 0 Å². The lowest BCUT2D eigenvalue weighted by Gasteiger charge is -1.96. The maximum atomic E-state index is 5.89. The van der Waals surface area contributed by atoms with Gasteiger partial charge in [-0.2, -0.15) is 4.98 Å². The predicted octanol–water partition coefficient (Wildman–Crippen LogP) is 3.89. The second-order valence-electron chi connectivity index (χ2n) is 2.81. The summed E-state index contributed by atoms with van der Waals surface area (Å²) < 4.78 is 5.88. The average molecular weight is 308 g/mol. The van der Waals surface area contributed by atoms with Crippen molar-refractivity contribution in [3.63, 3.8) is 0 Å². The highest BCUT2D eigenvalue weighted by Crippen LogP contribution is 2.26. The number of hydrogen-bond donors (Lipinski definition) is 0. The lowest BCUT2D eigenvalue weighted by atomic mass is 10.2. The van der Waals surface area contributed by atoms with Gasteiger partial charge in [0.25, 0.3) is 5.89 Å². The first-order valence-corrected chi connectivity index (χ1v) is 5.74. The van der Waals surface area contributed by atoms with Gasteiger partial charge in [-0.05, 0) is 18.2 Å². The van der Waals surface area contributed by atoms with Gasteiger partial charge >= 0.3 is 0 Å². The van der Waals surface area contributed by atoms with Crippen LogP contribution in [0.25, 0.3) is 11.5 Å². The zero-order valence-electron chi connectivity index (χ0n) is 7.38. The molecule has 0 aliphatic rings. The molecule has 15 heavy (non-hydrogen) atoms. The zero-order valence-corrected chi connectivity index (χ0v) is 10.5. The van der Waals surface area contributed by atoms with E-state index in [0.29, 0.717) is 16.7 Å². The minimum atomic E-state index is 0.227. The highest BCUT2D eigenvalue weighted by Gasteiger charge is 2.09. The molecule has 0 fully saturated rings. The van der Waals surface area contributed by atoms with Gasteiger partial charge in [-0.15, -0.1) is 11.6 Å². The van der Waals surface area contributed by atoms with Crippen LogP contribution < -0.4 is 0 Å². The molecule has 0 saturated carbocycles. The molecule has 0 atom stereocenters. The van der Waals surface area contributed by atoms with Crippen molar-refractivity contribution in [1.82, 2.24) is 10.1 Å². The van der Waals surface area contributed by atoms with Crippen LogP contribution in [0.2, 0.25) is 5.02 Å². The average Bonchev–Trinajstić information content (AvgIpc) is 2.64. The maximum absolute atomic E-state index is 5.89. The van der Waals surface area contributed by atoms with Crippen molar-refractivity contribution in [2.75, 3.05) is 0 Å². The molecule has 1 aromatic heterocycles. The van der Waals surface area contributed by atoms with Crippen LogP contribution in [0.3, 0.4) is 0 Å². The molecular weight excluding hydrogens is 303 g/mol. The number of benzene rings is 1. The Morgan fingerprint density at radius 1 is 1.33 bits per heavy atom. The van der Waals surface area contributed by atoms with Crippen molar-refractivity contribution in [1.29, 1.82) is 0 Å². The molecule has 2 aromatic rings. The van der Waals surface area contributed by atoms with Crippen molar-refractivity contribution in [2.45, 2.75) is 5.88 Å². The standard InChI is InChI=1S/C9H5BrCl2N2O/c10-6-1-5(2-7(12)3-6)9-13-8(4-11)14-15-9/h1-3H,4H2. The fourth-order valence-electron chi connectivity index (χ4n) is 1.10. The molecule has 0 N–H and O–H groups in total. The minimum absolute atomic E-state index is 0.227. The first-order valence-electron chi connectivity index (χ1n) is 4.04. The van der Waals surface area contributed by atoms with E-state index in [0.717, 1.165) is 10.0 Å². The topological polar surface area (TPSA) is 38.9 Å². The summed E-state index contributed by atoms with van der Waals surface area (Å²) in [6, 6.07) is 5.37. The van der Waals surface area contributed by atoms with Crippen LogP contribution >= 0.6 is 39.1 Å². The number of alkyl halides is 1. The van der Waals surface area contributed by atoms with E-state index in [-0.39, 0.29) is 5.88 Å². The van der Waals surface area contributed by atoms with E-state index in [9.17, 15) is 0 Å². The van der Waals surface area contributed by atoms with Crippen LogP contribution in [-0.4, -0.2) is 10.1 Å². The second kappa shape index (κ2) is 4.51. The molecule has 6 heteroatoms. The summed E-state index contributed by atoms with van der Waals surface area (Å²) in [4.78, 5) is 4.09. The molecule has 0 amide bonds. The Balaban J connectivity index is 2.44. The summed E-state index contributed by atoms with van der Waals surface area (Å²) in [5.74, 6) is 1.10. The highest BCUT2D eigenvalue weighted by atomic mass is 79.9. The molecular formula is C9H5BrCl2N2O. The van der Waals surface area contributed by atoms with E-state index in [1.807, 2.05) is 6.07 Å². The fourth-order valence-corrected chi connectivity index (χ4v) is 2.07. The van der Waals surface area contributed by atoms with Crippen molar-refractivity contribution in [3.05, 3.63) is 33.5 Å². The van der Waals surface area contributed by atoms with Crippen LogP contribution in [0, 0.1) is 0 Å². The van der Waals surface area contributed by atoms with E-state index < -0.39 is 0 Å². The van der Waals surface area contributed by atoms with Crippen molar-refractivity contribution in [3.8, 4) is 11.5 Å². The largest absolute Gasteiger partial charge is 0.334 e. The number of aromatic nitrogens is 2. The second-order valence-corrected chi connectivity index (χ2v) is 4.43. The Kier molecular flexibility index (Phi) is 3.29. The smallest absolute Gasteiger partial charge is 0.258 e. The van der Waals surface area contributed by atoms with Gasteiger partial charge in [0.15, 0.2) is 5.82 Å². The lowest BCUT2D eigenvalue weighted by Crippen LogP contribution is -1.81. The lowest BCUT2D eigenvalue weighted by molar-refractivity contribution is 0.425. The monoisotopic (exact) mass is 306 g/mol. The normalized spacial score (nSPS) is 10.6. The third-order valence-corrected chi connectivity index (χ3v) is 2.61. The number of hydrogen-bond acceptors (Lipinski definition) is 3. The van der Waals surface area contributed by atoms with Crippen LogP contribution in [0.15, 0.2) is 27.2 Å². The van der Waals surface area contributed by atoms with Gasteiger partial charge in [0, 0.05) is 15.1 Å². The Morgan fingerprint density at radius 2 is 2.13 bits per heavy atom. The van der Waals surface area contributed by atoms with Crippen molar-refractivity contribution in [2.24, 2.45) is 0 Å². The molecule has 0 aliphatic heterocycles. The molecule has 0 spiro atoms. The van der Waals surface area contributed by atoms with Gasteiger partial charge < -0.3 is 4.52 Å². The van der Waals surface area contributed by atoms with E-state index in [4.69, 9.17) is 27.7 Å². The highest BCUT2D eigenvalue weighted by molar-refractivity contribution is 9.10. The summed E-state index contributed by atoms with van der Waals surface area (Å²) in [6.45, 7) is 0. The Hall–Kier alpha value is -0.580. The Bertz CT molecular complexity index is 466. The van der Waals surface area contributed by atoms with Crippen LogP contribution in [0.1, 0.15) is 5.82 Å². The summed E-state index contributed by atoms with van der Waals surface area (Å²) >= 11 is 14.8. The van der Waals surface area contributed by atoms with Gasteiger partial charge in [0.2, 0.25) is 0 Å². The van der Waals surface area contributed by atoms with Gasteiger partial charge in [-0.3, -0.25) is 0 Å². The van der Waals surface area contributed by atoms with Crippen molar-refractivity contribution < 1.29 is 4.52 Å². The molecule has 1 heterocycles. The summed E-state index contributed by atoms with van der Waals surface area (Å²) in [5.41, 5.74) is 0.762. The number of rotatable bonds is 2. The van der Waals surface area contributed by atoms with Crippen molar-refractivity contribution >= 4 is 39.1 Å². The molecule has 0 aliphatic carbocycles. The predicted molar refractivity (Wildman–Crippen MR) is 62.0 cm³/mol. The quantitative estimate of drug-likeness (QED) is 0.790. The third-order valence-electron chi connectivity index (χ3n) is 1.70. The maximum Gasteiger partial charge on any atom is 0.258 e. The van der Waals surface area contributed by atoms with Gasteiger partial charge in [0.05, 0.1) is 5.88 Å². The molecule has 1 aromatic carbocycles. The molecule has 0 radical (unpaired) electrons. The van der Waals surface area contributed by atoms with Crippen LogP contribution in [0.5, 0.6) is 0 Å². The fraction of sp³-hybridized carbons (Fsp3) is 0.111. The summed E-state index contributed by atoms with van der Waals surface area (Å²) in [6.07, 6.45) is 0. The SMILES string of the molecule is ClCc1noc(-c2cc(Cl)cc(Br)c2)n1. The Labute approximate surface area is 105 Å². The van der Waals surface area contributed by atoms with Gasteiger partial charge in [-0.25, -0.2) is 0 Å². The van der Waals surface area contributed by atoms with E-state index in [2.05, 4.69) is 26.1 Å². The molecule has 0 saturated heterocycles. The molecule has 78 valence electrons. The first kappa shape index (κ1) is 10.9. The molecule has 3 nitrogen and oxygen atoms in total. The first-order chi connectivity index (χ1) is 7.19. The van der Waals surface area contributed by atoms with Crippen LogP contribution in [0.4, 0.5) is 0 Å². The van der Waals surface area contributed by atoms with Crippen LogP contribution in [-0.2, 0) is 5.88 Å². The van der Waals surface area contributed by atoms with Gasteiger partial charge in [-0.1, -0.05) is 32.7 Å². The molecule has 0 unspecified atom stereocenters. The van der Waals surface area contributed by atoms with E-state index in [1.165, 1.54) is 0 Å². The third kappa shape index (κ3) is 2.51. The summed E-state index contributed by atoms with van der Waals surface area (Å²) in [5, 5.41) is 4.30.